The second-order valence-corrected chi connectivity index (χ2v) is 4.11. The molecule has 0 heterocycles. The summed E-state index contributed by atoms with van der Waals surface area (Å²) in [6.45, 7) is 4.31. The second-order valence-electron chi connectivity index (χ2n) is 4.11. The molecule has 0 bridgehead atoms. The van der Waals surface area contributed by atoms with Gasteiger partial charge in [-0.15, -0.1) is 0 Å². The van der Waals surface area contributed by atoms with Crippen LogP contribution in [0.2, 0.25) is 0 Å². The Hall–Kier alpha value is -1.56. The molecular formula is C15H16. The Bertz CT molecular complexity index is 445. The maximum atomic E-state index is 2.27. The molecule has 0 unspecified atom stereocenters. The summed E-state index contributed by atoms with van der Waals surface area (Å²) in [6, 6.07) is 8.65. The first-order valence-corrected chi connectivity index (χ1v) is 5.37. The molecule has 1 aliphatic carbocycles. The standard InChI is InChI=1S/C15H16/c1-12-6-3-4-8-14(10-12)15-9-5-7-13(2)11-15/h3-5,7-11H,6H2,1-2H3. The van der Waals surface area contributed by atoms with Gasteiger partial charge in [0, 0.05) is 0 Å². The first-order valence-electron chi connectivity index (χ1n) is 5.37. The Morgan fingerprint density at radius 1 is 1.13 bits per heavy atom. The average Bonchev–Trinajstić information content (AvgIpc) is 2.43. The van der Waals surface area contributed by atoms with E-state index in [4.69, 9.17) is 0 Å². The van der Waals surface area contributed by atoms with Gasteiger partial charge in [-0.25, -0.2) is 0 Å². The van der Waals surface area contributed by atoms with Crippen LogP contribution in [-0.4, -0.2) is 0 Å². The normalized spacial score (nSPS) is 15.6. The fourth-order valence-corrected chi connectivity index (χ4v) is 1.80. The molecule has 0 radical (unpaired) electrons. The molecule has 1 aliphatic rings. The van der Waals surface area contributed by atoms with Gasteiger partial charge in [-0.1, -0.05) is 59.7 Å². The van der Waals surface area contributed by atoms with Crippen molar-refractivity contribution in [3.63, 3.8) is 0 Å². The SMILES string of the molecule is CC1=CC(c2cccc(C)c2)=CC=CC1. The molecule has 0 aliphatic heterocycles. The lowest BCUT2D eigenvalue weighted by Gasteiger charge is -2.03. The fraction of sp³-hybridized carbons (Fsp3) is 0.200. The first kappa shape index (κ1) is 9.97. The molecule has 15 heavy (non-hydrogen) atoms. The van der Waals surface area contributed by atoms with Crippen LogP contribution in [0.1, 0.15) is 24.5 Å². The monoisotopic (exact) mass is 196 g/mol. The number of hydrogen-bond acceptors (Lipinski definition) is 0. The van der Waals surface area contributed by atoms with Crippen molar-refractivity contribution in [2.45, 2.75) is 20.3 Å². The molecule has 1 aromatic rings. The minimum Gasteiger partial charge on any atom is -0.0804 e. The number of aryl methyl sites for hydroxylation is 1. The highest BCUT2D eigenvalue weighted by Gasteiger charge is 2.00. The minimum absolute atomic E-state index is 1.06. The van der Waals surface area contributed by atoms with Crippen LogP contribution in [0.5, 0.6) is 0 Å². The molecule has 0 nitrogen and oxygen atoms in total. The first-order chi connectivity index (χ1) is 7.25. The van der Waals surface area contributed by atoms with E-state index in [2.05, 4.69) is 62.4 Å². The van der Waals surface area contributed by atoms with Crippen molar-refractivity contribution in [1.29, 1.82) is 0 Å². The summed E-state index contributed by atoms with van der Waals surface area (Å²) in [5.74, 6) is 0. The van der Waals surface area contributed by atoms with Crippen molar-refractivity contribution in [3.8, 4) is 0 Å². The van der Waals surface area contributed by atoms with E-state index < -0.39 is 0 Å². The molecule has 0 amide bonds. The third-order valence-electron chi connectivity index (χ3n) is 2.61. The van der Waals surface area contributed by atoms with Crippen LogP contribution in [-0.2, 0) is 0 Å². The van der Waals surface area contributed by atoms with Crippen LogP contribution in [0, 0.1) is 6.92 Å². The zero-order chi connectivity index (χ0) is 10.7. The van der Waals surface area contributed by atoms with E-state index in [1.54, 1.807) is 0 Å². The van der Waals surface area contributed by atoms with Gasteiger partial charge < -0.3 is 0 Å². The quantitative estimate of drug-likeness (QED) is 0.628. The maximum Gasteiger partial charge on any atom is -0.0135 e. The summed E-state index contributed by atoms with van der Waals surface area (Å²) in [5.41, 5.74) is 5.34. The van der Waals surface area contributed by atoms with Crippen molar-refractivity contribution in [2.24, 2.45) is 0 Å². The summed E-state index contributed by atoms with van der Waals surface area (Å²) in [7, 11) is 0. The minimum atomic E-state index is 1.06. The van der Waals surface area contributed by atoms with Crippen molar-refractivity contribution in [3.05, 3.63) is 65.3 Å². The molecule has 76 valence electrons. The van der Waals surface area contributed by atoms with E-state index in [9.17, 15) is 0 Å². The third-order valence-corrected chi connectivity index (χ3v) is 2.61. The molecule has 0 saturated carbocycles. The number of hydrogen-bond donors (Lipinski definition) is 0. The van der Waals surface area contributed by atoms with E-state index in [1.807, 2.05) is 0 Å². The number of benzene rings is 1. The Kier molecular flexibility index (Phi) is 2.86. The lowest BCUT2D eigenvalue weighted by molar-refractivity contribution is 1.22. The Balaban J connectivity index is 2.42. The van der Waals surface area contributed by atoms with E-state index in [0.717, 1.165) is 6.42 Å². The Labute approximate surface area is 91.6 Å². The number of allylic oxidation sites excluding steroid dienone is 6. The maximum absolute atomic E-state index is 2.27. The van der Waals surface area contributed by atoms with Crippen LogP contribution in [0.25, 0.3) is 5.57 Å². The van der Waals surface area contributed by atoms with Gasteiger partial charge >= 0.3 is 0 Å². The van der Waals surface area contributed by atoms with Gasteiger partial charge in [0.25, 0.3) is 0 Å². The summed E-state index contributed by atoms with van der Waals surface area (Å²) in [4.78, 5) is 0. The van der Waals surface area contributed by atoms with Crippen molar-refractivity contribution < 1.29 is 0 Å². The van der Waals surface area contributed by atoms with Crippen LogP contribution < -0.4 is 0 Å². The van der Waals surface area contributed by atoms with Crippen LogP contribution >= 0.6 is 0 Å². The number of rotatable bonds is 1. The fourth-order valence-electron chi connectivity index (χ4n) is 1.80. The smallest absolute Gasteiger partial charge is 0.0135 e. The second kappa shape index (κ2) is 4.31. The Morgan fingerprint density at radius 3 is 2.80 bits per heavy atom. The van der Waals surface area contributed by atoms with Gasteiger partial charge in [0.05, 0.1) is 0 Å². The topological polar surface area (TPSA) is 0 Å². The van der Waals surface area contributed by atoms with E-state index >= 15 is 0 Å². The molecule has 0 heteroatoms. The van der Waals surface area contributed by atoms with Gasteiger partial charge in [0.15, 0.2) is 0 Å². The van der Waals surface area contributed by atoms with E-state index in [1.165, 1.54) is 22.3 Å². The van der Waals surface area contributed by atoms with Crippen molar-refractivity contribution in [1.82, 2.24) is 0 Å². The summed E-state index contributed by atoms with van der Waals surface area (Å²) in [5, 5.41) is 0. The molecule has 0 aromatic heterocycles. The lowest BCUT2D eigenvalue weighted by Crippen LogP contribution is -1.83. The third kappa shape index (κ3) is 2.47. The van der Waals surface area contributed by atoms with Crippen LogP contribution in [0.15, 0.2) is 54.1 Å². The largest absolute Gasteiger partial charge is 0.0804 e. The molecule has 2 rings (SSSR count). The van der Waals surface area contributed by atoms with Gasteiger partial charge in [-0.2, -0.15) is 0 Å². The molecule has 0 saturated heterocycles. The predicted octanol–water partition coefficient (Wildman–Crippen LogP) is 4.28. The molecular weight excluding hydrogens is 180 g/mol. The van der Waals surface area contributed by atoms with Crippen LogP contribution in [0.4, 0.5) is 0 Å². The van der Waals surface area contributed by atoms with E-state index in [-0.39, 0.29) is 0 Å². The van der Waals surface area contributed by atoms with E-state index in [0.29, 0.717) is 0 Å². The average molecular weight is 196 g/mol. The Morgan fingerprint density at radius 2 is 2.00 bits per heavy atom. The zero-order valence-corrected chi connectivity index (χ0v) is 9.33. The van der Waals surface area contributed by atoms with Crippen LogP contribution in [0.3, 0.4) is 0 Å². The van der Waals surface area contributed by atoms with Crippen molar-refractivity contribution in [2.75, 3.05) is 0 Å². The molecule has 0 N–H and O–H groups in total. The highest BCUT2D eigenvalue weighted by atomic mass is 14.1. The summed E-state index contributed by atoms with van der Waals surface area (Å²) < 4.78 is 0. The summed E-state index contributed by atoms with van der Waals surface area (Å²) in [6.07, 6.45) is 9.87. The predicted molar refractivity (Wildman–Crippen MR) is 66.7 cm³/mol. The lowest BCUT2D eigenvalue weighted by atomic mass is 10.0. The highest BCUT2D eigenvalue weighted by Crippen LogP contribution is 2.22. The zero-order valence-electron chi connectivity index (χ0n) is 9.33. The van der Waals surface area contributed by atoms with Gasteiger partial charge in [-0.3, -0.25) is 0 Å². The highest BCUT2D eigenvalue weighted by molar-refractivity contribution is 5.76. The van der Waals surface area contributed by atoms with Gasteiger partial charge in [-0.05, 0) is 31.4 Å². The summed E-state index contributed by atoms with van der Waals surface area (Å²) >= 11 is 0. The van der Waals surface area contributed by atoms with Crippen molar-refractivity contribution >= 4 is 5.57 Å². The van der Waals surface area contributed by atoms with Gasteiger partial charge in [0.1, 0.15) is 0 Å². The molecule has 0 spiro atoms. The molecule has 0 atom stereocenters. The van der Waals surface area contributed by atoms with Gasteiger partial charge in [0.2, 0.25) is 0 Å². The molecule has 1 aromatic carbocycles. The molecule has 0 fully saturated rings.